The second kappa shape index (κ2) is 12.8. The molecule has 1 radical (unpaired) electrons. The Kier molecular flexibility index (Phi) is 22.0. The Morgan fingerprint density at radius 3 is 1.30 bits per heavy atom. The molecular weight excluding hydrogens is 197 g/mol. The van der Waals surface area contributed by atoms with Gasteiger partial charge in [0.25, 0.3) is 0 Å². The summed E-state index contributed by atoms with van der Waals surface area (Å²) in [6, 6.07) is 0. The van der Waals surface area contributed by atoms with E-state index in [2.05, 4.69) is 41.5 Å². The van der Waals surface area contributed by atoms with Gasteiger partial charge in [-0.2, -0.15) is 27.2 Å². The molecule has 0 aliphatic rings. The minimum atomic E-state index is 0. The Morgan fingerprint density at radius 2 is 1.30 bits per heavy atom. The van der Waals surface area contributed by atoms with Crippen molar-refractivity contribution < 1.29 is 32.7 Å². The van der Waals surface area contributed by atoms with Gasteiger partial charge in [0.1, 0.15) is 0 Å². The molecule has 0 saturated carbocycles. The monoisotopic (exact) mass is 217 g/mol. The Labute approximate surface area is 92.0 Å². The van der Waals surface area contributed by atoms with Gasteiger partial charge in [-0.25, -0.2) is 0 Å². The molecule has 10 heavy (non-hydrogen) atoms. The smallest absolute Gasteiger partial charge is 0 e. The van der Waals surface area contributed by atoms with Crippen LogP contribution in [0.1, 0.15) is 41.0 Å². The summed E-state index contributed by atoms with van der Waals surface area (Å²) in [5.41, 5.74) is 0. The van der Waals surface area contributed by atoms with Crippen LogP contribution in [-0.2, 0) is 32.7 Å². The Balaban J connectivity index is -0.0000000910. The molecule has 1 heteroatoms. The van der Waals surface area contributed by atoms with E-state index < -0.39 is 0 Å². The van der Waals surface area contributed by atoms with Crippen molar-refractivity contribution in [1.29, 1.82) is 0 Å². The number of hydrogen-bond acceptors (Lipinski definition) is 0. The molecule has 0 saturated heterocycles. The fourth-order valence-corrected chi connectivity index (χ4v) is 0. The van der Waals surface area contributed by atoms with Crippen molar-refractivity contribution in [2.45, 2.75) is 41.0 Å². The standard InChI is InChI=1S/C5H11.C4H9.Y/c1-4-5(2)3;1-4(2)3;/h5H,1,4H2,2-3H3;1-3H3;/q2*-1;. The van der Waals surface area contributed by atoms with E-state index in [0.29, 0.717) is 0 Å². The Bertz CT molecular complexity index is 37.2. The molecule has 0 heterocycles. The minimum Gasteiger partial charge on any atom is -0.343 e. The minimum absolute atomic E-state index is 0. The zero-order valence-electron chi connectivity index (χ0n) is 8.07. The molecule has 0 bridgehead atoms. The Hall–Kier alpha value is 1.10. The fourth-order valence-electron chi connectivity index (χ4n) is 0. The first kappa shape index (κ1) is 17.3. The molecule has 0 aliphatic carbocycles. The van der Waals surface area contributed by atoms with Gasteiger partial charge in [-0.1, -0.05) is 19.8 Å². The van der Waals surface area contributed by atoms with Crippen molar-refractivity contribution in [1.82, 2.24) is 0 Å². The summed E-state index contributed by atoms with van der Waals surface area (Å²) in [6.45, 7) is 14.3. The quantitative estimate of drug-likeness (QED) is 0.590. The van der Waals surface area contributed by atoms with Crippen LogP contribution in [0.15, 0.2) is 0 Å². The first-order valence-corrected chi connectivity index (χ1v) is 3.56. The van der Waals surface area contributed by atoms with E-state index in [1.807, 2.05) is 0 Å². The van der Waals surface area contributed by atoms with Crippen molar-refractivity contribution >= 4 is 0 Å². The number of hydrogen-bond donors (Lipinski definition) is 0. The SMILES string of the molecule is C[C-](C)C.[CH2-]CC(C)C.[Y]. The molecule has 0 unspecified atom stereocenters. The second-order valence-electron chi connectivity index (χ2n) is 3.18. The molecule has 0 N–H and O–H groups in total. The van der Waals surface area contributed by atoms with E-state index in [4.69, 9.17) is 0 Å². The molecule has 0 amide bonds. The van der Waals surface area contributed by atoms with E-state index >= 15 is 0 Å². The third kappa shape index (κ3) is 62.1. The van der Waals surface area contributed by atoms with Crippen LogP contribution in [-0.4, -0.2) is 0 Å². The zero-order valence-corrected chi connectivity index (χ0v) is 10.9. The van der Waals surface area contributed by atoms with Crippen molar-refractivity contribution in [3.63, 3.8) is 0 Å². The van der Waals surface area contributed by atoms with Gasteiger partial charge in [0.2, 0.25) is 0 Å². The normalized spacial score (nSPS) is 8.40. The Morgan fingerprint density at radius 1 is 1.20 bits per heavy atom. The van der Waals surface area contributed by atoms with Crippen LogP contribution in [0.4, 0.5) is 0 Å². The number of rotatable bonds is 1. The fraction of sp³-hybridized carbons (Fsp3) is 0.778. The summed E-state index contributed by atoms with van der Waals surface area (Å²) < 4.78 is 0. The van der Waals surface area contributed by atoms with Crippen LogP contribution in [0.5, 0.6) is 0 Å². The van der Waals surface area contributed by atoms with Gasteiger partial charge >= 0.3 is 0 Å². The molecule has 0 nitrogen and oxygen atoms in total. The maximum atomic E-state index is 3.69. The summed E-state index contributed by atoms with van der Waals surface area (Å²) in [5.74, 6) is 2.19. The maximum Gasteiger partial charge on any atom is 0 e. The molecule has 0 atom stereocenters. The van der Waals surface area contributed by atoms with Gasteiger partial charge in [-0.15, -0.1) is 0 Å². The zero-order chi connectivity index (χ0) is 7.86. The predicted octanol–water partition coefficient (Wildman–Crippen LogP) is 3.48. The van der Waals surface area contributed by atoms with Gasteiger partial charge in [-0.3, -0.25) is 0 Å². The van der Waals surface area contributed by atoms with Gasteiger partial charge in [-0.05, 0) is 0 Å². The molecule has 0 aromatic carbocycles. The second-order valence-corrected chi connectivity index (χ2v) is 3.18. The maximum absolute atomic E-state index is 3.69. The predicted molar refractivity (Wildman–Crippen MR) is 45.1 cm³/mol. The van der Waals surface area contributed by atoms with Gasteiger partial charge in [0.15, 0.2) is 0 Å². The van der Waals surface area contributed by atoms with Gasteiger partial charge in [0.05, 0.1) is 0 Å². The van der Waals surface area contributed by atoms with E-state index in [1.165, 1.54) is 5.92 Å². The van der Waals surface area contributed by atoms with Gasteiger partial charge in [0, 0.05) is 32.7 Å². The van der Waals surface area contributed by atoms with Crippen molar-refractivity contribution in [2.75, 3.05) is 0 Å². The summed E-state index contributed by atoms with van der Waals surface area (Å²) in [5, 5.41) is 0. The molecule has 61 valence electrons. The molecule has 0 aromatic heterocycles. The van der Waals surface area contributed by atoms with Crippen molar-refractivity contribution in [3.8, 4) is 0 Å². The third-order valence-corrected chi connectivity index (χ3v) is 0.577. The van der Waals surface area contributed by atoms with Crippen LogP contribution in [0, 0.1) is 18.8 Å². The summed E-state index contributed by atoms with van der Waals surface area (Å²) in [7, 11) is 0. The van der Waals surface area contributed by atoms with Gasteiger partial charge < -0.3 is 12.8 Å². The van der Waals surface area contributed by atoms with Crippen LogP contribution in [0.25, 0.3) is 0 Å². The molecule has 0 fully saturated rings. The van der Waals surface area contributed by atoms with Crippen molar-refractivity contribution in [2.24, 2.45) is 5.92 Å². The molecule has 0 aromatic rings. The first-order chi connectivity index (χ1) is 4.00. The summed E-state index contributed by atoms with van der Waals surface area (Å²) in [4.78, 5) is 0. The van der Waals surface area contributed by atoms with E-state index in [-0.39, 0.29) is 32.7 Å². The topological polar surface area (TPSA) is 0 Å². The molecule has 0 spiro atoms. The van der Waals surface area contributed by atoms with E-state index in [9.17, 15) is 0 Å². The van der Waals surface area contributed by atoms with Crippen LogP contribution in [0.2, 0.25) is 0 Å². The van der Waals surface area contributed by atoms with Crippen LogP contribution in [0.3, 0.4) is 0 Å². The van der Waals surface area contributed by atoms with E-state index in [1.54, 1.807) is 0 Å². The average Bonchev–Trinajstić information content (AvgIpc) is 1.65. The summed E-state index contributed by atoms with van der Waals surface area (Å²) in [6.07, 6.45) is 1.06. The molecule has 0 aliphatic heterocycles. The average molecular weight is 217 g/mol. The van der Waals surface area contributed by atoms with Crippen molar-refractivity contribution in [3.05, 3.63) is 12.8 Å². The summed E-state index contributed by atoms with van der Waals surface area (Å²) >= 11 is 0. The van der Waals surface area contributed by atoms with Crippen LogP contribution >= 0.6 is 0 Å². The largest absolute Gasteiger partial charge is 0.343 e. The van der Waals surface area contributed by atoms with Crippen LogP contribution < -0.4 is 0 Å². The molecule has 0 rings (SSSR count). The molecular formula is C9H20Y-2. The first-order valence-electron chi connectivity index (χ1n) is 3.56. The third-order valence-electron chi connectivity index (χ3n) is 0.577. The van der Waals surface area contributed by atoms with E-state index in [0.717, 1.165) is 12.3 Å².